The van der Waals surface area contributed by atoms with Crippen molar-refractivity contribution in [2.75, 3.05) is 44.4 Å². The standard InChI is InChI=1S/C24H31N3O2S/c28-23(25-18-24(11-16-30-19-24)27-12-14-29-15-13-27)26-22(21-9-5-2-6-10-21)17-20-7-3-1-4-8-20/h1-10,22H,11-19H2,(H2,25,26,28). The highest BCUT2D eigenvalue weighted by Gasteiger charge is 2.40. The molecule has 2 heterocycles. The molecular weight excluding hydrogens is 394 g/mol. The van der Waals surface area contributed by atoms with E-state index in [9.17, 15) is 4.79 Å². The number of ether oxygens (including phenoxy) is 1. The number of hydrogen-bond acceptors (Lipinski definition) is 4. The predicted octanol–water partition coefficient (Wildman–Crippen LogP) is 3.48. The maximum absolute atomic E-state index is 12.9. The van der Waals surface area contributed by atoms with Crippen LogP contribution in [0.5, 0.6) is 0 Å². The summed E-state index contributed by atoms with van der Waals surface area (Å²) in [6, 6.07) is 20.4. The van der Waals surface area contributed by atoms with Crippen LogP contribution in [0.25, 0.3) is 0 Å². The summed E-state index contributed by atoms with van der Waals surface area (Å²) in [5.74, 6) is 2.22. The Morgan fingerprint density at radius 3 is 2.43 bits per heavy atom. The Hall–Kier alpha value is -2.02. The minimum atomic E-state index is -0.0932. The first-order chi connectivity index (χ1) is 14.8. The predicted molar refractivity (Wildman–Crippen MR) is 123 cm³/mol. The highest BCUT2D eigenvalue weighted by atomic mass is 32.2. The van der Waals surface area contributed by atoms with E-state index in [-0.39, 0.29) is 17.6 Å². The second kappa shape index (κ2) is 10.3. The molecule has 0 bridgehead atoms. The number of nitrogens with one attached hydrogen (secondary N) is 2. The summed E-state index contributed by atoms with van der Waals surface area (Å²) in [5, 5.41) is 6.43. The third-order valence-electron chi connectivity index (χ3n) is 6.13. The third kappa shape index (κ3) is 5.36. The third-order valence-corrected chi connectivity index (χ3v) is 7.37. The molecule has 2 aliphatic heterocycles. The minimum Gasteiger partial charge on any atom is -0.379 e. The molecule has 2 atom stereocenters. The van der Waals surface area contributed by atoms with E-state index in [0.717, 1.165) is 56.2 Å². The van der Waals surface area contributed by atoms with Crippen molar-refractivity contribution in [1.82, 2.24) is 15.5 Å². The van der Waals surface area contributed by atoms with E-state index in [1.807, 2.05) is 48.2 Å². The Bertz CT molecular complexity index is 791. The lowest BCUT2D eigenvalue weighted by atomic mass is 9.95. The van der Waals surface area contributed by atoms with Crippen LogP contribution in [-0.4, -0.2) is 60.8 Å². The topological polar surface area (TPSA) is 53.6 Å². The Balaban J connectivity index is 1.40. The van der Waals surface area contributed by atoms with Crippen LogP contribution < -0.4 is 10.6 Å². The summed E-state index contributed by atoms with van der Waals surface area (Å²) in [7, 11) is 0. The molecule has 30 heavy (non-hydrogen) atoms. The average Bonchev–Trinajstić information content (AvgIpc) is 3.29. The van der Waals surface area contributed by atoms with E-state index in [1.165, 1.54) is 5.56 Å². The van der Waals surface area contributed by atoms with E-state index in [0.29, 0.717) is 6.54 Å². The van der Waals surface area contributed by atoms with E-state index < -0.39 is 0 Å². The number of morpholine rings is 1. The van der Waals surface area contributed by atoms with Crippen LogP contribution in [0.1, 0.15) is 23.6 Å². The van der Waals surface area contributed by atoms with E-state index >= 15 is 0 Å². The fourth-order valence-electron chi connectivity index (χ4n) is 4.38. The highest BCUT2D eigenvalue weighted by molar-refractivity contribution is 7.99. The number of amides is 2. The molecule has 5 nitrogen and oxygen atoms in total. The van der Waals surface area contributed by atoms with Gasteiger partial charge in [-0.05, 0) is 29.7 Å². The van der Waals surface area contributed by atoms with Gasteiger partial charge in [-0.15, -0.1) is 0 Å². The molecule has 0 spiro atoms. The van der Waals surface area contributed by atoms with Gasteiger partial charge in [-0.2, -0.15) is 11.8 Å². The molecule has 2 amide bonds. The molecule has 2 unspecified atom stereocenters. The first-order valence-corrected chi connectivity index (χ1v) is 11.9. The van der Waals surface area contributed by atoms with Crippen molar-refractivity contribution in [3.8, 4) is 0 Å². The lowest BCUT2D eigenvalue weighted by molar-refractivity contribution is -0.0124. The van der Waals surface area contributed by atoms with Crippen LogP contribution in [0, 0.1) is 0 Å². The van der Waals surface area contributed by atoms with Gasteiger partial charge in [0.25, 0.3) is 0 Å². The van der Waals surface area contributed by atoms with Gasteiger partial charge in [0, 0.05) is 30.9 Å². The lowest BCUT2D eigenvalue weighted by Gasteiger charge is -2.43. The molecular formula is C24H31N3O2S. The second-order valence-electron chi connectivity index (χ2n) is 8.11. The summed E-state index contributed by atoms with van der Waals surface area (Å²) < 4.78 is 5.54. The van der Waals surface area contributed by atoms with Gasteiger partial charge in [-0.1, -0.05) is 60.7 Å². The zero-order valence-corrected chi connectivity index (χ0v) is 18.2. The number of nitrogens with zero attached hydrogens (tertiary/aromatic N) is 1. The summed E-state index contributed by atoms with van der Waals surface area (Å²) >= 11 is 1.98. The summed E-state index contributed by atoms with van der Waals surface area (Å²) in [6.45, 7) is 4.14. The Morgan fingerprint density at radius 2 is 1.77 bits per heavy atom. The largest absolute Gasteiger partial charge is 0.379 e. The van der Waals surface area contributed by atoms with Gasteiger partial charge in [0.15, 0.2) is 0 Å². The Labute approximate surface area is 183 Å². The fraction of sp³-hybridized carbons (Fsp3) is 0.458. The number of benzene rings is 2. The Morgan fingerprint density at radius 1 is 1.07 bits per heavy atom. The minimum absolute atomic E-state index is 0.0491. The molecule has 0 saturated carbocycles. The number of carbonyl (C=O) groups is 1. The van der Waals surface area contributed by atoms with Crippen LogP contribution >= 0.6 is 11.8 Å². The van der Waals surface area contributed by atoms with Crippen LogP contribution in [0.4, 0.5) is 4.79 Å². The molecule has 0 aliphatic carbocycles. The zero-order valence-electron chi connectivity index (χ0n) is 17.4. The van der Waals surface area contributed by atoms with Crippen LogP contribution in [0.2, 0.25) is 0 Å². The second-order valence-corrected chi connectivity index (χ2v) is 9.21. The highest BCUT2D eigenvalue weighted by Crippen LogP contribution is 2.33. The molecule has 2 fully saturated rings. The number of hydrogen-bond donors (Lipinski definition) is 2. The molecule has 160 valence electrons. The molecule has 4 rings (SSSR count). The van der Waals surface area contributed by atoms with Gasteiger partial charge in [-0.3, -0.25) is 4.90 Å². The number of urea groups is 1. The molecule has 2 aromatic carbocycles. The smallest absolute Gasteiger partial charge is 0.315 e. The van der Waals surface area contributed by atoms with Gasteiger partial charge in [-0.25, -0.2) is 4.79 Å². The SMILES string of the molecule is O=C(NCC1(N2CCOCC2)CCSC1)NC(Cc1ccccc1)c1ccccc1. The number of rotatable bonds is 7. The van der Waals surface area contributed by atoms with Gasteiger partial charge in [0.05, 0.1) is 19.3 Å². The average molecular weight is 426 g/mol. The van der Waals surface area contributed by atoms with Crippen molar-refractivity contribution in [3.05, 3.63) is 71.8 Å². The summed E-state index contributed by atoms with van der Waals surface area (Å²) in [6.07, 6.45) is 1.88. The fourth-order valence-corrected chi connectivity index (χ4v) is 5.85. The van der Waals surface area contributed by atoms with Crippen molar-refractivity contribution in [3.63, 3.8) is 0 Å². The van der Waals surface area contributed by atoms with Crippen molar-refractivity contribution in [1.29, 1.82) is 0 Å². The van der Waals surface area contributed by atoms with Gasteiger partial charge in [0.2, 0.25) is 0 Å². The molecule has 0 aromatic heterocycles. The van der Waals surface area contributed by atoms with E-state index in [1.54, 1.807) is 0 Å². The van der Waals surface area contributed by atoms with Crippen LogP contribution in [0.15, 0.2) is 60.7 Å². The van der Waals surface area contributed by atoms with Gasteiger partial charge < -0.3 is 15.4 Å². The molecule has 2 saturated heterocycles. The molecule has 2 aliphatic rings. The lowest BCUT2D eigenvalue weighted by Crippen LogP contribution is -2.60. The molecule has 6 heteroatoms. The first-order valence-electron chi connectivity index (χ1n) is 10.8. The van der Waals surface area contributed by atoms with Gasteiger partial charge in [0.1, 0.15) is 0 Å². The van der Waals surface area contributed by atoms with Gasteiger partial charge >= 0.3 is 6.03 Å². The molecule has 2 aromatic rings. The van der Waals surface area contributed by atoms with E-state index in [2.05, 4.69) is 39.8 Å². The number of carbonyl (C=O) groups excluding carboxylic acids is 1. The van der Waals surface area contributed by atoms with Crippen molar-refractivity contribution >= 4 is 17.8 Å². The number of thioether (sulfide) groups is 1. The maximum atomic E-state index is 12.9. The van der Waals surface area contributed by atoms with Crippen molar-refractivity contribution in [2.45, 2.75) is 24.4 Å². The van der Waals surface area contributed by atoms with Crippen molar-refractivity contribution in [2.24, 2.45) is 0 Å². The summed E-state index contributed by atoms with van der Waals surface area (Å²) in [4.78, 5) is 15.4. The zero-order chi connectivity index (χ0) is 20.7. The molecule has 2 N–H and O–H groups in total. The van der Waals surface area contributed by atoms with Crippen molar-refractivity contribution < 1.29 is 9.53 Å². The monoisotopic (exact) mass is 425 g/mol. The maximum Gasteiger partial charge on any atom is 0.315 e. The Kier molecular flexibility index (Phi) is 7.31. The van der Waals surface area contributed by atoms with Crippen LogP contribution in [-0.2, 0) is 11.2 Å². The van der Waals surface area contributed by atoms with E-state index in [4.69, 9.17) is 4.74 Å². The first kappa shape index (κ1) is 21.2. The van der Waals surface area contributed by atoms with Crippen LogP contribution in [0.3, 0.4) is 0 Å². The molecule has 0 radical (unpaired) electrons. The normalized spacial score (nSPS) is 23.1. The quantitative estimate of drug-likeness (QED) is 0.713. The summed E-state index contributed by atoms with van der Waals surface area (Å²) in [5.41, 5.74) is 2.38.